The van der Waals surface area contributed by atoms with Crippen LogP contribution in [-0.2, 0) is 12.2 Å². The van der Waals surface area contributed by atoms with Gasteiger partial charge in [0.2, 0.25) is 0 Å². The first kappa shape index (κ1) is 17.5. The zero-order valence-corrected chi connectivity index (χ0v) is 16.0. The maximum absolute atomic E-state index is 12.0. The summed E-state index contributed by atoms with van der Waals surface area (Å²) in [4.78, 5) is 12.0. The molecule has 0 spiro atoms. The van der Waals surface area contributed by atoms with Gasteiger partial charge in [-0.1, -0.05) is 49.0 Å². The summed E-state index contributed by atoms with van der Waals surface area (Å²) in [6.45, 7) is 4.14. The third kappa shape index (κ3) is 3.53. The average molecular weight is 377 g/mol. The van der Waals surface area contributed by atoms with E-state index < -0.39 is 0 Å². The summed E-state index contributed by atoms with van der Waals surface area (Å²) in [5.74, 6) is 0.609. The van der Waals surface area contributed by atoms with Gasteiger partial charge in [0.15, 0.2) is 5.16 Å². The summed E-state index contributed by atoms with van der Waals surface area (Å²) >= 11 is 1.55. The van der Waals surface area contributed by atoms with E-state index >= 15 is 0 Å². The van der Waals surface area contributed by atoms with Gasteiger partial charge in [-0.25, -0.2) is 4.79 Å². The number of benzene rings is 2. The van der Waals surface area contributed by atoms with Crippen molar-refractivity contribution in [1.29, 1.82) is 0 Å². The molecule has 2 aromatic carbocycles. The lowest BCUT2D eigenvalue weighted by Crippen LogP contribution is -2.01. The molecule has 6 heteroatoms. The number of aromatic nitrogens is 3. The maximum Gasteiger partial charge on any atom is 0.336 e. The van der Waals surface area contributed by atoms with Gasteiger partial charge in [-0.15, -0.1) is 10.2 Å². The van der Waals surface area contributed by atoms with Crippen LogP contribution in [0.15, 0.2) is 69.2 Å². The Morgan fingerprint density at radius 1 is 1.15 bits per heavy atom. The molecule has 0 saturated heterocycles. The number of hydrogen-bond donors (Lipinski definition) is 0. The van der Waals surface area contributed by atoms with E-state index in [0.717, 1.165) is 39.3 Å². The molecule has 2 heterocycles. The van der Waals surface area contributed by atoms with Crippen LogP contribution in [0.3, 0.4) is 0 Å². The standard InChI is InChI=1S/C21H19N3O2S/c1-3-15-8-9-17-16(11-20(25)26-19(17)10-15)12-27-21-23-22-13-24(21)18-7-5-4-6-14(18)2/h4-11,13H,3,12H2,1-2H3. The Morgan fingerprint density at radius 3 is 2.81 bits per heavy atom. The molecule has 27 heavy (non-hydrogen) atoms. The molecule has 0 aliphatic rings. The van der Waals surface area contributed by atoms with E-state index in [0.29, 0.717) is 11.3 Å². The molecule has 0 aliphatic carbocycles. The van der Waals surface area contributed by atoms with Crippen molar-refractivity contribution in [3.63, 3.8) is 0 Å². The summed E-state index contributed by atoms with van der Waals surface area (Å²) < 4.78 is 7.37. The molecule has 5 nitrogen and oxygen atoms in total. The molecule has 136 valence electrons. The van der Waals surface area contributed by atoms with Gasteiger partial charge < -0.3 is 4.42 Å². The van der Waals surface area contributed by atoms with Crippen molar-refractivity contribution in [2.24, 2.45) is 0 Å². The number of para-hydroxylation sites is 1. The second kappa shape index (κ2) is 7.40. The van der Waals surface area contributed by atoms with Crippen LogP contribution in [0.1, 0.15) is 23.6 Å². The molecule has 0 amide bonds. The van der Waals surface area contributed by atoms with Gasteiger partial charge in [0.25, 0.3) is 0 Å². The van der Waals surface area contributed by atoms with E-state index in [1.807, 2.05) is 34.9 Å². The first-order chi connectivity index (χ1) is 13.2. The highest BCUT2D eigenvalue weighted by molar-refractivity contribution is 7.98. The van der Waals surface area contributed by atoms with Crippen molar-refractivity contribution >= 4 is 22.7 Å². The minimum absolute atomic E-state index is 0.327. The van der Waals surface area contributed by atoms with Crippen LogP contribution in [-0.4, -0.2) is 14.8 Å². The maximum atomic E-state index is 12.0. The van der Waals surface area contributed by atoms with Gasteiger partial charge in [-0.3, -0.25) is 4.57 Å². The molecule has 4 aromatic rings. The molecule has 0 N–H and O–H groups in total. The predicted octanol–water partition coefficient (Wildman–Crippen LogP) is 4.54. The fourth-order valence-electron chi connectivity index (χ4n) is 3.08. The fraction of sp³-hybridized carbons (Fsp3) is 0.190. The van der Waals surface area contributed by atoms with Gasteiger partial charge >= 0.3 is 5.63 Å². The molecule has 4 rings (SSSR count). The van der Waals surface area contributed by atoms with Crippen LogP contribution >= 0.6 is 11.8 Å². The Bertz CT molecular complexity index is 1160. The highest BCUT2D eigenvalue weighted by Crippen LogP contribution is 2.28. The summed E-state index contributed by atoms with van der Waals surface area (Å²) in [5.41, 5.74) is 4.60. The molecule has 0 atom stereocenters. The minimum atomic E-state index is -0.327. The van der Waals surface area contributed by atoms with Crippen molar-refractivity contribution in [2.45, 2.75) is 31.2 Å². The van der Waals surface area contributed by atoms with Crippen LogP contribution in [0.4, 0.5) is 0 Å². The third-order valence-electron chi connectivity index (χ3n) is 4.55. The largest absolute Gasteiger partial charge is 0.423 e. The Kier molecular flexibility index (Phi) is 4.81. The molecule has 0 aliphatic heterocycles. The van der Waals surface area contributed by atoms with Crippen molar-refractivity contribution in [2.75, 3.05) is 0 Å². The summed E-state index contributed by atoms with van der Waals surface area (Å²) in [7, 11) is 0. The molecular weight excluding hydrogens is 358 g/mol. The zero-order chi connectivity index (χ0) is 18.8. The summed E-state index contributed by atoms with van der Waals surface area (Å²) in [6.07, 6.45) is 2.62. The van der Waals surface area contributed by atoms with E-state index in [9.17, 15) is 4.79 Å². The SMILES string of the molecule is CCc1ccc2c(CSc3nncn3-c3ccccc3C)cc(=O)oc2c1. The van der Waals surface area contributed by atoms with Gasteiger partial charge in [-0.2, -0.15) is 0 Å². The van der Waals surface area contributed by atoms with E-state index in [2.05, 4.69) is 36.2 Å². The minimum Gasteiger partial charge on any atom is -0.423 e. The second-order valence-electron chi connectivity index (χ2n) is 6.33. The predicted molar refractivity (Wildman–Crippen MR) is 108 cm³/mol. The van der Waals surface area contributed by atoms with Crippen molar-refractivity contribution < 1.29 is 4.42 Å². The Hall–Kier alpha value is -2.86. The Balaban J connectivity index is 1.67. The number of aryl methyl sites for hydroxylation is 2. The molecule has 0 bridgehead atoms. The van der Waals surface area contributed by atoms with Gasteiger partial charge in [0, 0.05) is 17.2 Å². The average Bonchev–Trinajstić information content (AvgIpc) is 3.14. The van der Waals surface area contributed by atoms with Gasteiger partial charge in [-0.05, 0) is 42.2 Å². The number of fused-ring (bicyclic) bond motifs is 1. The Labute approximate surface area is 161 Å². The third-order valence-corrected chi connectivity index (χ3v) is 5.54. The van der Waals surface area contributed by atoms with Crippen molar-refractivity contribution in [3.05, 3.63) is 82.0 Å². The number of rotatable bonds is 5. The number of thioether (sulfide) groups is 1. The Morgan fingerprint density at radius 2 is 2.00 bits per heavy atom. The van der Waals surface area contributed by atoms with Gasteiger partial charge in [0.1, 0.15) is 11.9 Å². The highest BCUT2D eigenvalue weighted by Gasteiger charge is 2.12. The van der Waals surface area contributed by atoms with Crippen LogP contribution in [0, 0.1) is 6.92 Å². The van der Waals surface area contributed by atoms with E-state index in [1.54, 1.807) is 24.2 Å². The lowest BCUT2D eigenvalue weighted by Gasteiger charge is -2.10. The van der Waals surface area contributed by atoms with Crippen molar-refractivity contribution in [1.82, 2.24) is 14.8 Å². The van der Waals surface area contributed by atoms with E-state index in [-0.39, 0.29) is 5.63 Å². The fourth-order valence-corrected chi connectivity index (χ4v) is 3.99. The summed E-state index contributed by atoms with van der Waals surface area (Å²) in [6, 6.07) is 15.7. The number of nitrogens with zero attached hydrogens (tertiary/aromatic N) is 3. The highest BCUT2D eigenvalue weighted by atomic mass is 32.2. The first-order valence-corrected chi connectivity index (χ1v) is 9.78. The molecule has 2 aromatic heterocycles. The molecular formula is C21H19N3O2S. The van der Waals surface area contributed by atoms with Crippen LogP contribution < -0.4 is 5.63 Å². The monoisotopic (exact) mass is 377 g/mol. The lowest BCUT2D eigenvalue weighted by atomic mass is 10.1. The quantitative estimate of drug-likeness (QED) is 0.377. The van der Waals surface area contributed by atoms with E-state index in [1.165, 1.54) is 0 Å². The van der Waals surface area contributed by atoms with Crippen LogP contribution in [0.2, 0.25) is 0 Å². The lowest BCUT2D eigenvalue weighted by molar-refractivity contribution is 0.559. The van der Waals surface area contributed by atoms with E-state index in [4.69, 9.17) is 4.42 Å². The topological polar surface area (TPSA) is 60.9 Å². The number of hydrogen-bond acceptors (Lipinski definition) is 5. The van der Waals surface area contributed by atoms with Crippen molar-refractivity contribution in [3.8, 4) is 5.69 Å². The zero-order valence-electron chi connectivity index (χ0n) is 15.2. The smallest absolute Gasteiger partial charge is 0.336 e. The molecule has 0 saturated carbocycles. The van der Waals surface area contributed by atoms with Crippen LogP contribution in [0.25, 0.3) is 16.7 Å². The van der Waals surface area contributed by atoms with Gasteiger partial charge in [0.05, 0.1) is 5.69 Å². The first-order valence-electron chi connectivity index (χ1n) is 8.80. The second-order valence-corrected chi connectivity index (χ2v) is 7.28. The summed E-state index contributed by atoms with van der Waals surface area (Å²) in [5, 5.41) is 10.1. The molecule has 0 fully saturated rings. The molecule has 0 unspecified atom stereocenters. The van der Waals surface area contributed by atoms with Crippen LogP contribution in [0.5, 0.6) is 0 Å². The molecule has 0 radical (unpaired) electrons. The normalized spacial score (nSPS) is 11.2.